The van der Waals surface area contributed by atoms with Gasteiger partial charge in [0.05, 0.1) is 18.3 Å². The van der Waals surface area contributed by atoms with E-state index in [1.165, 1.54) is 5.69 Å². The number of hydrogen-bond acceptors (Lipinski definition) is 3. The third-order valence-corrected chi connectivity index (χ3v) is 6.25. The second-order valence-corrected chi connectivity index (χ2v) is 8.25. The van der Waals surface area contributed by atoms with Crippen LogP contribution in [-0.4, -0.2) is 28.5 Å². The van der Waals surface area contributed by atoms with Gasteiger partial charge in [-0.25, -0.2) is 0 Å². The number of amides is 1. The van der Waals surface area contributed by atoms with Crippen molar-refractivity contribution in [3.8, 4) is 0 Å². The van der Waals surface area contributed by atoms with E-state index in [2.05, 4.69) is 58.4 Å². The second-order valence-electron chi connectivity index (χ2n) is 7.13. The van der Waals surface area contributed by atoms with Crippen molar-refractivity contribution in [1.82, 2.24) is 9.47 Å². The van der Waals surface area contributed by atoms with E-state index in [0.29, 0.717) is 12.6 Å². The molecular formula is C23H25N3OS. The lowest BCUT2D eigenvalue weighted by Gasteiger charge is -2.24. The van der Waals surface area contributed by atoms with Crippen LogP contribution >= 0.6 is 11.8 Å². The Bertz CT molecular complexity index is 938. The fourth-order valence-electron chi connectivity index (χ4n) is 3.82. The van der Waals surface area contributed by atoms with Gasteiger partial charge < -0.3 is 9.88 Å². The molecule has 0 radical (unpaired) electrons. The number of nitrogens with one attached hydrogen (secondary N) is 1. The molecule has 1 fully saturated rings. The molecule has 1 amide bonds. The number of hydrogen-bond donors (Lipinski definition) is 1. The van der Waals surface area contributed by atoms with Gasteiger partial charge >= 0.3 is 0 Å². The highest BCUT2D eigenvalue weighted by molar-refractivity contribution is 7.99. The van der Waals surface area contributed by atoms with Gasteiger partial charge in [0.1, 0.15) is 0 Å². The van der Waals surface area contributed by atoms with E-state index < -0.39 is 0 Å². The molecule has 0 aliphatic carbocycles. The van der Waals surface area contributed by atoms with E-state index in [4.69, 9.17) is 0 Å². The van der Waals surface area contributed by atoms with Crippen molar-refractivity contribution in [1.29, 1.82) is 0 Å². The van der Waals surface area contributed by atoms with Crippen LogP contribution in [0.25, 0.3) is 0 Å². The molecule has 0 spiro atoms. The Labute approximate surface area is 170 Å². The maximum absolute atomic E-state index is 12.8. The molecule has 4 rings (SSSR count). The number of para-hydroxylation sites is 1. The predicted octanol–water partition coefficient (Wildman–Crippen LogP) is 4.95. The Morgan fingerprint density at radius 2 is 1.86 bits per heavy atom. The van der Waals surface area contributed by atoms with E-state index in [9.17, 15) is 4.79 Å². The largest absolute Gasteiger partial charge is 0.353 e. The van der Waals surface area contributed by atoms with Crippen molar-refractivity contribution in [2.24, 2.45) is 7.05 Å². The fraction of sp³-hybridized carbons (Fsp3) is 0.261. The molecule has 0 unspecified atom stereocenters. The van der Waals surface area contributed by atoms with Gasteiger partial charge in [-0.1, -0.05) is 42.1 Å². The van der Waals surface area contributed by atoms with Crippen LogP contribution in [0.4, 0.5) is 5.69 Å². The van der Waals surface area contributed by atoms with Crippen molar-refractivity contribution in [3.63, 3.8) is 0 Å². The number of nitrogens with zero attached hydrogens (tertiary/aromatic N) is 2. The average Bonchev–Trinajstić information content (AvgIpc) is 3.32. The maximum Gasteiger partial charge on any atom is 0.238 e. The van der Waals surface area contributed by atoms with Crippen LogP contribution in [-0.2, 0) is 11.8 Å². The van der Waals surface area contributed by atoms with Crippen LogP contribution in [0.15, 0.2) is 82.7 Å². The molecule has 1 N–H and O–H groups in total. The van der Waals surface area contributed by atoms with Crippen molar-refractivity contribution in [2.75, 3.05) is 18.4 Å². The summed E-state index contributed by atoms with van der Waals surface area (Å²) in [6.07, 6.45) is 4.30. The van der Waals surface area contributed by atoms with Gasteiger partial charge in [0.15, 0.2) is 0 Å². The Morgan fingerprint density at radius 3 is 2.64 bits per heavy atom. The minimum absolute atomic E-state index is 0.0437. The average molecular weight is 392 g/mol. The minimum atomic E-state index is 0.0437. The summed E-state index contributed by atoms with van der Waals surface area (Å²) in [6.45, 7) is 1.38. The zero-order valence-corrected chi connectivity index (χ0v) is 16.9. The molecule has 3 aromatic rings. The number of aryl methyl sites for hydroxylation is 1. The first-order valence-corrected chi connectivity index (χ1v) is 10.5. The van der Waals surface area contributed by atoms with Crippen LogP contribution in [0.3, 0.4) is 0 Å². The Morgan fingerprint density at radius 1 is 1.07 bits per heavy atom. The topological polar surface area (TPSA) is 37.3 Å². The van der Waals surface area contributed by atoms with Crippen molar-refractivity contribution in [3.05, 3.63) is 78.6 Å². The van der Waals surface area contributed by atoms with Crippen LogP contribution < -0.4 is 5.32 Å². The van der Waals surface area contributed by atoms with Gasteiger partial charge in [-0.2, -0.15) is 0 Å². The highest BCUT2D eigenvalue weighted by Gasteiger charge is 2.29. The van der Waals surface area contributed by atoms with Crippen molar-refractivity contribution >= 4 is 23.4 Å². The SMILES string of the molecule is Cn1cccc1[C@@H]1CCCN1CC(=O)Nc1ccccc1Sc1ccccc1. The summed E-state index contributed by atoms with van der Waals surface area (Å²) in [4.78, 5) is 17.3. The molecule has 1 aromatic heterocycles. The number of likely N-dealkylation sites (tertiary alicyclic amines) is 1. The number of carbonyl (C=O) groups excluding carboxylic acids is 1. The summed E-state index contributed by atoms with van der Waals surface area (Å²) in [5.74, 6) is 0.0437. The first-order valence-electron chi connectivity index (χ1n) is 9.68. The van der Waals surface area contributed by atoms with E-state index in [0.717, 1.165) is 34.9 Å². The summed E-state index contributed by atoms with van der Waals surface area (Å²) in [7, 11) is 2.07. The van der Waals surface area contributed by atoms with Crippen molar-refractivity contribution in [2.45, 2.75) is 28.7 Å². The Kier molecular flexibility index (Phi) is 5.84. The lowest BCUT2D eigenvalue weighted by molar-refractivity contribution is -0.117. The molecule has 0 bridgehead atoms. The number of aromatic nitrogens is 1. The summed E-state index contributed by atoms with van der Waals surface area (Å²) in [5, 5.41) is 3.13. The van der Waals surface area contributed by atoms with Gasteiger partial charge in [0.2, 0.25) is 5.91 Å². The third kappa shape index (κ3) is 4.32. The fourth-order valence-corrected chi connectivity index (χ4v) is 4.74. The molecular weight excluding hydrogens is 366 g/mol. The first kappa shape index (κ1) is 18.8. The smallest absolute Gasteiger partial charge is 0.238 e. The third-order valence-electron chi connectivity index (χ3n) is 5.17. The minimum Gasteiger partial charge on any atom is -0.353 e. The summed E-state index contributed by atoms with van der Waals surface area (Å²) < 4.78 is 2.16. The van der Waals surface area contributed by atoms with E-state index in [-0.39, 0.29) is 5.91 Å². The van der Waals surface area contributed by atoms with Crippen LogP contribution in [0.1, 0.15) is 24.6 Å². The molecule has 1 atom stereocenters. The Balaban J connectivity index is 1.43. The zero-order valence-electron chi connectivity index (χ0n) is 16.0. The van der Waals surface area contributed by atoms with Gasteiger partial charge in [0, 0.05) is 28.7 Å². The lowest BCUT2D eigenvalue weighted by atomic mass is 10.1. The Hall–Kier alpha value is -2.50. The maximum atomic E-state index is 12.8. The lowest BCUT2D eigenvalue weighted by Crippen LogP contribution is -2.33. The summed E-state index contributed by atoms with van der Waals surface area (Å²) in [6, 6.07) is 22.8. The molecule has 1 saturated heterocycles. The molecule has 4 nitrogen and oxygen atoms in total. The van der Waals surface area contributed by atoms with Gasteiger partial charge in [-0.05, 0) is 55.8 Å². The van der Waals surface area contributed by atoms with Gasteiger partial charge in [-0.15, -0.1) is 0 Å². The van der Waals surface area contributed by atoms with Crippen molar-refractivity contribution < 1.29 is 4.79 Å². The molecule has 144 valence electrons. The molecule has 1 aliphatic rings. The van der Waals surface area contributed by atoms with Gasteiger partial charge in [-0.3, -0.25) is 9.69 Å². The summed E-state index contributed by atoms with van der Waals surface area (Å²) >= 11 is 1.67. The molecule has 2 heterocycles. The van der Waals surface area contributed by atoms with Gasteiger partial charge in [0.25, 0.3) is 0 Å². The highest BCUT2D eigenvalue weighted by atomic mass is 32.2. The number of anilines is 1. The van der Waals surface area contributed by atoms with Crippen LogP contribution in [0.5, 0.6) is 0 Å². The predicted molar refractivity (Wildman–Crippen MR) is 115 cm³/mol. The molecule has 5 heteroatoms. The standard InChI is InChI=1S/C23H25N3OS/c1-25-15-7-12-20(25)21-13-8-16-26(21)17-23(27)24-19-11-5-6-14-22(19)28-18-9-3-2-4-10-18/h2-7,9-12,14-15,21H,8,13,16-17H2,1H3,(H,24,27)/t21-/m0/s1. The van der Waals surface area contributed by atoms with E-state index in [1.54, 1.807) is 11.8 Å². The second kappa shape index (κ2) is 8.67. The van der Waals surface area contributed by atoms with E-state index in [1.807, 2.05) is 36.4 Å². The van der Waals surface area contributed by atoms with Crippen LogP contribution in [0, 0.1) is 0 Å². The molecule has 1 aliphatic heterocycles. The highest BCUT2D eigenvalue weighted by Crippen LogP contribution is 2.34. The summed E-state index contributed by atoms with van der Waals surface area (Å²) in [5.41, 5.74) is 2.15. The first-order chi connectivity index (χ1) is 13.7. The molecule has 2 aromatic carbocycles. The zero-order chi connectivity index (χ0) is 19.3. The number of carbonyl (C=O) groups is 1. The number of rotatable bonds is 6. The monoisotopic (exact) mass is 391 g/mol. The molecule has 28 heavy (non-hydrogen) atoms. The van der Waals surface area contributed by atoms with Crippen LogP contribution in [0.2, 0.25) is 0 Å². The number of benzene rings is 2. The quantitative estimate of drug-likeness (QED) is 0.646. The normalized spacial score (nSPS) is 17.0. The molecule has 0 saturated carbocycles. The van der Waals surface area contributed by atoms with E-state index >= 15 is 0 Å².